The molecule has 1 aromatic rings. The van der Waals surface area contributed by atoms with Gasteiger partial charge in [-0.1, -0.05) is 50.6 Å². The highest BCUT2D eigenvalue weighted by Gasteiger charge is 2.29. The van der Waals surface area contributed by atoms with Crippen molar-refractivity contribution in [1.29, 1.82) is 0 Å². The molecule has 0 heterocycles. The van der Waals surface area contributed by atoms with Crippen LogP contribution in [-0.2, 0) is 4.79 Å². The predicted octanol–water partition coefficient (Wildman–Crippen LogP) is 2.67. The molecular formula is C17H26N2O. The first-order valence-electron chi connectivity index (χ1n) is 7.70. The van der Waals surface area contributed by atoms with Crippen molar-refractivity contribution in [1.82, 2.24) is 5.32 Å². The molecule has 3 nitrogen and oxygen atoms in total. The van der Waals surface area contributed by atoms with Gasteiger partial charge in [0.15, 0.2) is 0 Å². The molecule has 1 fully saturated rings. The van der Waals surface area contributed by atoms with Gasteiger partial charge in [0, 0.05) is 12.6 Å². The van der Waals surface area contributed by atoms with Crippen molar-refractivity contribution in [2.75, 3.05) is 6.54 Å². The summed E-state index contributed by atoms with van der Waals surface area (Å²) in [5.41, 5.74) is 6.90. The lowest BCUT2D eigenvalue weighted by atomic mass is 9.80. The van der Waals surface area contributed by atoms with Gasteiger partial charge in [-0.25, -0.2) is 0 Å². The lowest BCUT2D eigenvalue weighted by Gasteiger charge is -2.33. The summed E-state index contributed by atoms with van der Waals surface area (Å²) in [4.78, 5) is 12.5. The van der Waals surface area contributed by atoms with Crippen LogP contribution >= 0.6 is 0 Å². The van der Waals surface area contributed by atoms with Gasteiger partial charge < -0.3 is 11.1 Å². The molecule has 1 aliphatic rings. The van der Waals surface area contributed by atoms with E-state index in [1.165, 1.54) is 0 Å². The Bertz CT molecular complexity index is 426. The second-order valence-corrected chi connectivity index (χ2v) is 6.12. The summed E-state index contributed by atoms with van der Waals surface area (Å²) in [5.74, 6) is 1.03. The zero-order valence-corrected chi connectivity index (χ0v) is 12.5. The Morgan fingerprint density at radius 3 is 2.55 bits per heavy atom. The van der Waals surface area contributed by atoms with Crippen LogP contribution in [0.25, 0.3) is 0 Å². The second kappa shape index (κ2) is 6.89. The lowest BCUT2D eigenvalue weighted by molar-refractivity contribution is -0.124. The number of carbonyl (C=O) groups is 1. The summed E-state index contributed by atoms with van der Waals surface area (Å²) >= 11 is 0. The number of amides is 1. The Morgan fingerprint density at radius 1 is 1.35 bits per heavy atom. The average molecular weight is 274 g/mol. The molecule has 0 spiro atoms. The summed E-state index contributed by atoms with van der Waals surface area (Å²) < 4.78 is 0. The van der Waals surface area contributed by atoms with Crippen LogP contribution in [0.5, 0.6) is 0 Å². The Morgan fingerprint density at radius 2 is 2.00 bits per heavy atom. The predicted molar refractivity (Wildman–Crippen MR) is 82.3 cm³/mol. The van der Waals surface area contributed by atoms with E-state index in [1.54, 1.807) is 0 Å². The molecule has 1 aliphatic carbocycles. The maximum atomic E-state index is 12.5. The molecule has 3 N–H and O–H groups in total. The van der Waals surface area contributed by atoms with E-state index in [-0.39, 0.29) is 11.8 Å². The zero-order valence-electron chi connectivity index (χ0n) is 12.5. The summed E-state index contributed by atoms with van der Waals surface area (Å²) in [7, 11) is 0. The fraction of sp³-hybridized carbons (Fsp3) is 0.588. The molecule has 2 unspecified atom stereocenters. The minimum atomic E-state index is -0.0463. The highest BCUT2D eigenvalue weighted by Crippen LogP contribution is 2.28. The van der Waals surface area contributed by atoms with Crippen molar-refractivity contribution in [3.8, 4) is 0 Å². The van der Waals surface area contributed by atoms with E-state index in [2.05, 4.69) is 31.3 Å². The summed E-state index contributed by atoms with van der Waals surface area (Å²) in [6.07, 6.45) is 3.08. The highest BCUT2D eigenvalue weighted by molar-refractivity contribution is 5.83. The van der Waals surface area contributed by atoms with E-state index in [4.69, 9.17) is 5.73 Å². The smallest absolute Gasteiger partial charge is 0.227 e. The fourth-order valence-corrected chi connectivity index (χ4v) is 2.94. The quantitative estimate of drug-likeness (QED) is 0.838. The van der Waals surface area contributed by atoms with Crippen LogP contribution in [0.1, 0.15) is 44.6 Å². The first-order chi connectivity index (χ1) is 9.61. The van der Waals surface area contributed by atoms with Gasteiger partial charge >= 0.3 is 0 Å². The molecule has 2 rings (SSSR count). The van der Waals surface area contributed by atoms with E-state index in [9.17, 15) is 4.79 Å². The van der Waals surface area contributed by atoms with E-state index in [1.807, 2.05) is 18.2 Å². The van der Waals surface area contributed by atoms with Crippen LogP contribution < -0.4 is 11.1 Å². The van der Waals surface area contributed by atoms with Gasteiger partial charge in [0.1, 0.15) is 0 Å². The van der Waals surface area contributed by atoms with E-state index >= 15 is 0 Å². The largest absolute Gasteiger partial charge is 0.355 e. The number of hydrogen-bond donors (Lipinski definition) is 2. The summed E-state index contributed by atoms with van der Waals surface area (Å²) in [6.45, 7) is 5.06. The highest BCUT2D eigenvalue weighted by atomic mass is 16.1. The van der Waals surface area contributed by atoms with Crippen molar-refractivity contribution < 1.29 is 4.79 Å². The average Bonchev–Trinajstić information content (AvgIpc) is 2.43. The topological polar surface area (TPSA) is 55.1 Å². The van der Waals surface area contributed by atoms with Crippen molar-refractivity contribution in [2.24, 2.45) is 17.6 Å². The van der Waals surface area contributed by atoms with Crippen molar-refractivity contribution >= 4 is 5.91 Å². The van der Waals surface area contributed by atoms with Gasteiger partial charge in [-0.3, -0.25) is 4.79 Å². The molecule has 110 valence electrons. The monoisotopic (exact) mass is 274 g/mol. The molecule has 1 aromatic carbocycles. The molecule has 0 aliphatic heterocycles. The first kappa shape index (κ1) is 15.0. The molecular weight excluding hydrogens is 248 g/mol. The normalized spacial score (nSPS) is 24.6. The third kappa shape index (κ3) is 3.60. The second-order valence-electron chi connectivity index (χ2n) is 6.12. The van der Waals surface area contributed by atoms with Gasteiger partial charge in [0.25, 0.3) is 0 Å². The molecule has 1 amide bonds. The van der Waals surface area contributed by atoms with Crippen molar-refractivity contribution in [3.05, 3.63) is 35.9 Å². The minimum Gasteiger partial charge on any atom is -0.355 e. The molecule has 0 bridgehead atoms. The standard InChI is InChI=1S/C17H26N2O/c1-3-12(2)16(14-7-5-4-6-8-14)17(20)19-11-13-9-15(18)10-13/h4-8,12-13,15-16H,3,9-11,18H2,1-2H3,(H,19,20). The van der Waals surface area contributed by atoms with Crippen molar-refractivity contribution in [2.45, 2.75) is 45.1 Å². The Kier molecular flexibility index (Phi) is 5.18. The number of benzene rings is 1. The van der Waals surface area contributed by atoms with Gasteiger partial charge in [0.2, 0.25) is 5.91 Å². The molecule has 2 atom stereocenters. The first-order valence-corrected chi connectivity index (χ1v) is 7.70. The van der Waals surface area contributed by atoms with Crippen LogP contribution in [0.4, 0.5) is 0 Å². The zero-order chi connectivity index (χ0) is 14.5. The molecule has 0 aromatic heterocycles. The van der Waals surface area contributed by atoms with Gasteiger partial charge in [-0.15, -0.1) is 0 Å². The van der Waals surface area contributed by atoms with Crippen LogP contribution in [-0.4, -0.2) is 18.5 Å². The summed E-state index contributed by atoms with van der Waals surface area (Å²) in [6, 6.07) is 10.4. The maximum Gasteiger partial charge on any atom is 0.227 e. The Labute approximate surface area is 121 Å². The SMILES string of the molecule is CCC(C)C(C(=O)NCC1CC(N)C1)c1ccccc1. The van der Waals surface area contributed by atoms with E-state index < -0.39 is 0 Å². The fourth-order valence-electron chi connectivity index (χ4n) is 2.94. The number of carbonyl (C=O) groups excluding carboxylic acids is 1. The van der Waals surface area contributed by atoms with Gasteiger partial charge in [-0.2, -0.15) is 0 Å². The maximum absolute atomic E-state index is 12.5. The molecule has 3 heteroatoms. The van der Waals surface area contributed by atoms with Crippen LogP contribution in [0, 0.1) is 11.8 Å². The van der Waals surface area contributed by atoms with Crippen LogP contribution in [0.15, 0.2) is 30.3 Å². The third-order valence-electron chi connectivity index (χ3n) is 4.49. The number of hydrogen-bond acceptors (Lipinski definition) is 2. The van der Waals surface area contributed by atoms with Crippen LogP contribution in [0.3, 0.4) is 0 Å². The number of nitrogens with one attached hydrogen (secondary N) is 1. The molecule has 1 saturated carbocycles. The molecule has 0 saturated heterocycles. The Hall–Kier alpha value is -1.35. The van der Waals surface area contributed by atoms with E-state index in [0.29, 0.717) is 17.9 Å². The number of nitrogens with two attached hydrogens (primary N) is 1. The minimum absolute atomic E-state index is 0.0463. The molecule has 20 heavy (non-hydrogen) atoms. The van der Waals surface area contributed by atoms with Crippen LogP contribution in [0.2, 0.25) is 0 Å². The number of rotatable bonds is 6. The third-order valence-corrected chi connectivity index (χ3v) is 4.49. The lowest BCUT2D eigenvalue weighted by Crippen LogP contribution is -2.44. The van der Waals surface area contributed by atoms with Gasteiger partial charge in [-0.05, 0) is 30.2 Å². The Balaban J connectivity index is 1.97. The van der Waals surface area contributed by atoms with E-state index in [0.717, 1.165) is 31.4 Å². The molecule has 0 radical (unpaired) electrons. The van der Waals surface area contributed by atoms with Crippen molar-refractivity contribution in [3.63, 3.8) is 0 Å². The summed E-state index contributed by atoms with van der Waals surface area (Å²) in [5, 5.41) is 3.12. The van der Waals surface area contributed by atoms with Gasteiger partial charge in [0.05, 0.1) is 5.92 Å².